The van der Waals surface area contributed by atoms with Crippen molar-refractivity contribution in [3.8, 4) is 0 Å². The van der Waals surface area contributed by atoms with Crippen molar-refractivity contribution in [3.05, 3.63) is 72.9 Å². The summed E-state index contributed by atoms with van der Waals surface area (Å²) in [5.41, 5.74) is 3.05. The van der Waals surface area contributed by atoms with Crippen LogP contribution in [0.2, 0.25) is 0 Å². The van der Waals surface area contributed by atoms with Crippen LogP contribution in [0.15, 0.2) is 36.5 Å². The first-order valence-corrected chi connectivity index (χ1v) is 21.8. The van der Waals surface area contributed by atoms with E-state index in [9.17, 15) is 38.4 Å². The molecule has 3 fully saturated rings. The molecule has 21 nitrogen and oxygen atoms in total. The van der Waals surface area contributed by atoms with Crippen LogP contribution in [0.4, 0.5) is 26.9 Å². The molecule has 9 heterocycles. The van der Waals surface area contributed by atoms with Crippen molar-refractivity contribution in [1.82, 2.24) is 45.8 Å². The fraction of sp³-hybridized carbons (Fsp3) is 0.400. The Morgan fingerprint density at radius 1 is 0.778 bits per heavy atom. The zero-order valence-electron chi connectivity index (χ0n) is 34.3. The highest BCUT2D eigenvalue weighted by molar-refractivity contribution is 7.14. The number of thiophene rings is 2. The molecule has 0 aliphatic carbocycles. The van der Waals surface area contributed by atoms with Gasteiger partial charge in [0.1, 0.15) is 23.7 Å². The number of fused-ring (bicyclic) bond motifs is 2. The molecule has 5 aliphatic heterocycles. The number of anilines is 3. The average Bonchev–Trinajstić information content (AvgIpc) is 4.06. The smallest absolute Gasteiger partial charge is 0.320 e. The van der Waals surface area contributed by atoms with E-state index < -0.39 is 23.9 Å². The fourth-order valence-electron chi connectivity index (χ4n) is 7.81. The van der Waals surface area contributed by atoms with E-state index in [1.165, 1.54) is 32.5 Å². The number of imide groups is 2. The monoisotopic (exact) mass is 900 g/mol. The lowest BCUT2D eigenvalue weighted by Crippen LogP contribution is -2.52. The quantitative estimate of drug-likeness (QED) is 0.132. The molecule has 2 atom stereocenters. The van der Waals surface area contributed by atoms with Gasteiger partial charge in [-0.15, -0.1) is 22.7 Å². The number of hydrogen-bond donors (Lipinski definition) is 6. The van der Waals surface area contributed by atoms with E-state index >= 15 is 0 Å². The van der Waals surface area contributed by atoms with Crippen LogP contribution in [0.3, 0.4) is 0 Å². The summed E-state index contributed by atoms with van der Waals surface area (Å²) in [7, 11) is 1.74. The Morgan fingerprint density at radius 3 is 1.78 bits per heavy atom. The molecule has 9 rings (SSSR count). The summed E-state index contributed by atoms with van der Waals surface area (Å²) in [5.74, 6) is -0.447. The number of ether oxygens (including phenoxy) is 1. The third-order valence-corrected chi connectivity index (χ3v) is 13.2. The van der Waals surface area contributed by atoms with Gasteiger partial charge in [-0.05, 0) is 55.2 Å². The van der Waals surface area contributed by atoms with Gasteiger partial charge in [0.05, 0.1) is 53.6 Å². The molecular weight excluding hydrogens is 857 g/mol. The molecule has 6 N–H and O–H groups in total. The first-order valence-electron chi connectivity index (χ1n) is 20.2. The third-order valence-electron chi connectivity index (χ3n) is 10.9. The van der Waals surface area contributed by atoms with Crippen LogP contribution in [0.1, 0.15) is 71.6 Å². The van der Waals surface area contributed by atoms with E-state index in [4.69, 9.17) is 4.74 Å². The van der Waals surface area contributed by atoms with Gasteiger partial charge in [0.25, 0.3) is 11.8 Å². The fourth-order valence-corrected chi connectivity index (χ4v) is 9.95. The number of aromatic nitrogens is 3. The van der Waals surface area contributed by atoms with Gasteiger partial charge in [-0.25, -0.2) is 14.6 Å². The molecular formula is C40H44N12O9S2. The molecule has 0 aromatic carbocycles. The van der Waals surface area contributed by atoms with Gasteiger partial charge < -0.3 is 35.4 Å². The van der Waals surface area contributed by atoms with Gasteiger partial charge in [-0.3, -0.25) is 49.4 Å². The average molecular weight is 901 g/mol. The molecule has 3 saturated heterocycles. The standard InChI is InChI=1S/C22H24N6O5S.C18H20N6O4S/c29-18-4-2-16(20(30)26-18)28-12-13-9-15(34-19(13)21(28)31)11-24-22(32)25-14-1-3-17(23-10-14)27-5-7-33-8-6-27;1-9-5-13(23(2)22-9)20-18(28)19-7-11-6-10-8-24(17(27)15(10)29-11)12-3-4-14(25)21-16(12)26/h1,3,9-10,16H,2,4-8,11-12H2,(H2,24,25,32)(H,26,29,30);5-6,12H,3-4,7-8H2,1-2H3,(H2,19,20,28)(H,21,25,26). The normalized spacial score (nSPS) is 19.5. The second kappa shape index (κ2) is 18.3. The van der Waals surface area contributed by atoms with E-state index in [-0.39, 0.29) is 61.6 Å². The molecule has 0 radical (unpaired) electrons. The van der Waals surface area contributed by atoms with Crippen LogP contribution in [0.5, 0.6) is 0 Å². The molecule has 0 spiro atoms. The number of carbonyl (C=O) groups is 8. The summed E-state index contributed by atoms with van der Waals surface area (Å²) in [4.78, 5) is 109. The van der Waals surface area contributed by atoms with Crippen molar-refractivity contribution in [2.24, 2.45) is 7.05 Å². The lowest BCUT2D eigenvalue weighted by Gasteiger charge is -2.29. The predicted molar refractivity (Wildman–Crippen MR) is 228 cm³/mol. The molecule has 0 bridgehead atoms. The van der Waals surface area contributed by atoms with Crippen LogP contribution in [-0.4, -0.2) is 110 Å². The minimum atomic E-state index is -0.625. The van der Waals surface area contributed by atoms with E-state index in [0.29, 0.717) is 60.4 Å². The number of nitrogens with zero attached hydrogens (tertiary/aromatic N) is 6. The van der Waals surface area contributed by atoms with Gasteiger partial charge in [0.2, 0.25) is 23.6 Å². The van der Waals surface area contributed by atoms with Crippen LogP contribution >= 0.6 is 22.7 Å². The second-order valence-electron chi connectivity index (χ2n) is 15.3. The summed E-state index contributed by atoms with van der Waals surface area (Å²) >= 11 is 2.61. The Morgan fingerprint density at radius 2 is 1.32 bits per heavy atom. The molecule has 5 aliphatic rings. The van der Waals surface area contributed by atoms with Gasteiger partial charge in [0.15, 0.2) is 0 Å². The number of urea groups is 2. The third kappa shape index (κ3) is 9.69. The largest absolute Gasteiger partial charge is 0.378 e. The Kier molecular flexibility index (Phi) is 12.5. The molecule has 2 unspecified atom stereocenters. The molecule has 4 aromatic heterocycles. The summed E-state index contributed by atoms with van der Waals surface area (Å²) < 4.78 is 6.93. The number of hydrogen-bond acceptors (Lipinski definition) is 14. The maximum atomic E-state index is 12.8. The molecule has 63 heavy (non-hydrogen) atoms. The zero-order valence-corrected chi connectivity index (χ0v) is 35.9. The Hall–Kier alpha value is -6.72. The lowest BCUT2D eigenvalue weighted by atomic mass is 10.0. The van der Waals surface area contributed by atoms with Crippen molar-refractivity contribution < 1.29 is 43.1 Å². The number of morpholine rings is 1. The van der Waals surface area contributed by atoms with Gasteiger partial charge in [0, 0.05) is 61.9 Å². The van der Waals surface area contributed by atoms with Crippen molar-refractivity contribution in [3.63, 3.8) is 0 Å². The van der Waals surface area contributed by atoms with Crippen LogP contribution in [0.25, 0.3) is 0 Å². The summed E-state index contributed by atoms with van der Waals surface area (Å²) in [6, 6.07) is 7.21. The van der Waals surface area contributed by atoms with E-state index in [2.05, 4.69) is 46.9 Å². The first kappa shape index (κ1) is 42.9. The van der Waals surface area contributed by atoms with E-state index in [1.807, 2.05) is 25.1 Å². The van der Waals surface area contributed by atoms with Crippen molar-refractivity contribution in [1.29, 1.82) is 0 Å². The summed E-state index contributed by atoms with van der Waals surface area (Å²) in [6.45, 7) is 5.99. The van der Waals surface area contributed by atoms with Crippen LogP contribution < -0.4 is 36.8 Å². The Bertz CT molecular complexity index is 2490. The maximum absolute atomic E-state index is 12.8. The van der Waals surface area contributed by atoms with Crippen molar-refractivity contribution in [2.75, 3.05) is 41.8 Å². The topological polar surface area (TPSA) is 258 Å². The van der Waals surface area contributed by atoms with Crippen LogP contribution in [0, 0.1) is 6.92 Å². The number of aryl methyl sites for hydroxylation is 2. The van der Waals surface area contributed by atoms with Crippen molar-refractivity contribution >= 4 is 87.5 Å². The molecule has 0 saturated carbocycles. The van der Waals surface area contributed by atoms with E-state index in [0.717, 1.165) is 45.5 Å². The van der Waals surface area contributed by atoms with E-state index in [1.54, 1.807) is 30.1 Å². The molecule has 23 heteroatoms. The number of pyridine rings is 1. The van der Waals surface area contributed by atoms with Gasteiger partial charge in [-0.2, -0.15) is 5.10 Å². The van der Waals surface area contributed by atoms with Gasteiger partial charge >= 0.3 is 12.1 Å². The minimum absolute atomic E-state index is 0.208. The first-order chi connectivity index (χ1) is 30.3. The molecule has 330 valence electrons. The molecule has 10 amide bonds. The van der Waals surface area contributed by atoms with Crippen LogP contribution in [-0.2, 0) is 57.1 Å². The Labute approximate surface area is 367 Å². The van der Waals surface area contributed by atoms with Crippen molar-refractivity contribution in [2.45, 2.75) is 70.9 Å². The highest BCUT2D eigenvalue weighted by Gasteiger charge is 2.41. The van der Waals surface area contributed by atoms with Gasteiger partial charge in [-0.1, -0.05) is 0 Å². The lowest BCUT2D eigenvalue weighted by molar-refractivity contribution is -0.138. The predicted octanol–water partition coefficient (Wildman–Crippen LogP) is 1.94. The minimum Gasteiger partial charge on any atom is -0.378 e. The molecule has 4 aromatic rings. The number of piperidine rings is 2. The SMILES string of the molecule is Cc1cc(NC(=O)NCc2cc3c(s2)C(=O)N(C2CCC(=O)NC2=O)C3)n(C)n1.O=C1CCC(N2Cc3cc(CNC(=O)Nc4ccc(N5CCOCC5)nc4)sc3C2=O)C(=O)N1. The highest BCUT2D eigenvalue weighted by atomic mass is 32.1. The Balaban J connectivity index is 0.000000175. The summed E-state index contributed by atoms with van der Waals surface area (Å²) in [5, 5.41) is 19.8. The number of carbonyl (C=O) groups excluding carboxylic acids is 8. The maximum Gasteiger partial charge on any atom is 0.320 e. The number of nitrogens with one attached hydrogen (secondary N) is 6. The second-order valence-corrected chi connectivity index (χ2v) is 17.6. The summed E-state index contributed by atoms with van der Waals surface area (Å²) in [6.07, 6.45) is 2.75. The number of rotatable bonds is 9. The highest BCUT2D eigenvalue weighted by Crippen LogP contribution is 2.35. The number of amides is 10. The zero-order chi connectivity index (χ0) is 44.4.